The molecular weight excluding hydrogens is 368 g/mol. The van der Waals surface area contributed by atoms with Gasteiger partial charge < -0.3 is 5.32 Å². The minimum absolute atomic E-state index is 0.164. The van der Waals surface area contributed by atoms with E-state index in [1.165, 1.54) is 4.90 Å². The lowest BCUT2D eigenvalue weighted by molar-refractivity contribution is -0.131. The van der Waals surface area contributed by atoms with Crippen LogP contribution in [0, 0.1) is 0 Å². The van der Waals surface area contributed by atoms with E-state index in [4.69, 9.17) is 0 Å². The number of nitrogens with one attached hydrogen (secondary N) is 1. The molecule has 0 radical (unpaired) electrons. The Kier molecular flexibility index (Phi) is 4.71. The van der Waals surface area contributed by atoms with E-state index in [2.05, 4.69) is 21.2 Å². The zero-order valence-electron chi connectivity index (χ0n) is 13.5. The van der Waals surface area contributed by atoms with Gasteiger partial charge in [0.15, 0.2) is 0 Å². The Balaban J connectivity index is 1.70. The Labute approximate surface area is 150 Å². The maximum absolute atomic E-state index is 12.8. The van der Waals surface area contributed by atoms with Crippen LogP contribution in [0.4, 0.5) is 4.79 Å². The molecule has 4 nitrogen and oxygen atoms in total. The van der Waals surface area contributed by atoms with E-state index < -0.39 is 5.54 Å². The van der Waals surface area contributed by atoms with Crippen molar-refractivity contribution < 1.29 is 9.59 Å². The summed E-state index contributed by atoms with van der Waals surface area (Å²) >= 11 is 3.41. The molecule has 0 aliphatic carbocycles. The Morgan fingerprint density at radius 1 is 1.04 bits per heavy atom. The molecule has 1 aliphatic rings. The van der Waals surface area contributed by atoms with Crippen LogP contribution in [-0.2, 0) is 17.8 Å². The van der Waals surface area contributed by atoms with Crippen LogP contribution < -0.4 is 5.32 Å². The molecule has 0 unspecified atom stereocenters. The lowest BCUT2D eigenvalue weighted by Gasteiger charge is -2.21. The van der Waals surface area contributed by atoms with Crippen molar-refractivity contribution in [2.75, 3.05) is 0 Å². The normalized spacial score (nSPS) is 20.3. The smallest absolute Gasteiger partial charge is 0.323 e. The SMILES string of the molecule is C[C@@]1(CCc2ccccc2)NC(=O)N(Cc2cccc(Br)c2)C1=O. The fraction of sp³-hybridized carbons (Fsp3) is 0.263. The van der Waals surface area contributed by atoms with Crippen LogP contribution in [0.5, 0.6) is 0 Å². The zero-order chi connectivity index (χ0) is 17.2. The van der Waals surface area contributed by atoms with Crippen LogP contribution >= 0.6 is 15.9 Å². The van der Waals surface area contributed by atoms with E-state index >= 15 is 0 Å². The molecule has 1 atom stereocenters. The predicted molar refractivity (Wildman–Crippen MR) is 96.4 cm³/mol. The van der Waals surface area contributed by atoms with Crippen LogP contribution in [-0.4, -0.2) is 22.4 Å². The molecule has 2 aromatic rings. The minimum atomic E-state index is -0.848. The summed E-state index contributed by atoms with van der Waals surface area (Å²) in [6.45, 7) is 2.09. The van der Waals surface area contributed by atoms with E-state index in [0.29, 0.717) is 6.42 Å². The van der Waals surface area contributed by atoms with Crippen molar-refractivity contribution in [1.29, 1.82) is 0 Å². The van der Waals surface area contributed by atoms with E-state index in [1.54, 1.807) is 6.92 Å². The Bertz CT molecular complexity index is 763. The molecule has 1 N–H and O–H groups in total. The third-order valence-corrected chi connectivity index (χ3v) is 4.82. The first-order chi connectivity index (χ1) is 11.5. The van der Waals surface area contributed by atoms with Gasteiger partial charge in [0.1, 0.15) is 5.54 Å². The summed E-state index contributed by atoms with van der Waals surface area (Å²) in [5.74, 6) is -0.164. The van der Waals surface area contributed by atoms with E-state index in [9.17, 15) is 9.59 Å². The number of benzene rings is 2. The molecule has 1 fully saturated rings. The van der Waals surface area contributed by atoms with Crippen LogP contribution in [0.25, 0.3) is 0 Å². The number of aryl methyl sites for hydroxylation is 1. The predicted octanol–water partition coefficient (Wildman–Crippen LogP) is 3.89. The van der Waals surface area contributed by atoms with Crippen molar-refractivity contribution in [2.45, 2.75) is 31.8 Å². The minimum Gasteiger partial charge on any atom is -0.323 e. The highest BCUT2D eigenvalue weighted by Gasteiger charge is 2.47. The van der Waals surface area contributed by atoms with Gasteiger partial charge in [-0.3, -0.25) is 9.69 Å². The highest BCUT2D eigenvalue weighted by atomic mass is 79.9. The molecule has 1 aliphatic heterocycles. The van der Waals surface area contributed by atoms with Crippen LogP contribution in [0.2, 0.25) is 0 Å². The number of carbonyl (C=O) groups is 2. The van der Waals surface area contributed by atoms with Gasteiger partial charge in [-0.1, -0.05) is 58.4 Å². The number of hydrogen-bond donors (Lipinski definition) is 1. The molecule has 124 valence electrons. The Morgan fingerprint density at radius 3 is 2.46 bits per heavy atom. The number of hydrogen-bond acceptors (Lipinski definition) is 2. The average molecular weight is 387 g/mol. The first-order valence-corrected chi connectivity index (χ1v) is 8.70. The third-order valence-electron chi connectivity index (χ3n) is 4.33. The van der Waals surface area contributed by atoms with Crippen molar-refractivity contribution in [3.8, 4) is 0 Å². The van der Waals surface area contributed by atoms with E-state index in [-0.39, 0.29) is 18.5 Å². The fourth-order valence-electron chi connectivity index (χ4n) is 2.92. The van der Waals surface area contributed by atoms with E-state index in [0.717, 1.165) is 22.0 Å². The van der Waals surface area contributed by atoms with Gasteiger partial charge in [-0.25, -0.2) is 4.79 Å². The molecule has 5 heteroatoms. The van der Waals surface area contributed by atoms with Crippen LogP contribution in [0.1, 0.15) is 24.5 Å². The molecule has 3 rings (SSSR count). The molecule has 24 heavy (non-hydrogen) atoms. The van der Waals surface area contributed by atoms with Gasteiger partial charge in [0.25, 0.3) is 5.91 Å². The molecule has 3 amide bonds. The molecule has 0 bridgehead atoms. The lowest BCUT2D eigenvalue weighted by Crippen LogP contribution is -2.44. The van der Waals surface area contributed by atoms with Crippen molar-refractivity contribution in [3.63, 3.8) is 0 Å². The summed E-state index contributed by atoms with van der Waals surface area (Å²) < 4.78 is 0.930. The third kappa shape index (κ3) is 3.51. The van der Waals surface area contributed by atoms with Gasteiger partial charge in [0, 0.05) is 4.47 Å². The van der Waals surface area contributed by atoms with Gasteiger partial charge >= 0.3 is 6.03 Å². The fourth-order valence-corrected chi connectivity index (χ4v) is 3.36. The summed E-state index contributed by atoms with van der Waals surface area (Å²) in [7, 11) is 0. The molecular formula is C19H19BrN2O2. The quantitative estimate of drug-likeness (QED) is 0.792. The van der Waals surface area contributed by atoms with Gasteiger partial charge in [0.05, 0.1) is 6.54 Å². The second-order valence-electron chi connectivity index (χ2n) is 6.27. The van der Waals surface area contributed by atoms with Crippen LogP contribution in [0.3, 0.4) is 0 Å². The van der Waals surface area contributed by atoms with Gasteiger partial charge in [-0.2, -0.15) is 0 Å². The van der Waals surface area contributed by atoms with Gasteiger partial charge in [0.2, 0.25) is 0 Å². The Hall–Kier alpha value is -2.14. The average Bonchev–Trinajstić information content (AvgIpc) is 2.78. The second kappa shape index (κ2) is 6.77. The number of nitrogens with zero attached hydrogens (tertiary/aromatic N) is 1. The van der Waals surface area contributed by atoms with Crippen molar-refractivity contribution in [2.24, 2.45) is 0 Å². The lowest BCUT2D eigenvalue weighted by atomic mass is 9.93. The summed E-state index contributed by atoms with van der Waals surface area (Å²) in [6, 6.07) is 17.3. The number of amides is 3. The highest BCUT2D eigenvalue weighted by Crippen LogP contribution is 2.25. The molecule has 1 saturated heterocycles. The maximum Gasteiger partial charge on any atom is 0.325 e. The van der Waals surface area contributed by atoms with Crippen molar-refractivity contribution in [1.82, 2.24) is 10.2 Å². The number of carbonyl (C=O) groups excluding carboxylic acids is 2. The zero-order valence-corrected chi connectivity index (χ0v) is 15.0. The molecule has 2 aromatic carbocycles. The van der Waals surface area contributed by atoms with Gasteiger partial charge in [-0.15, -0.1) is 0 Å². The summed E-state index contributed by atoms with van der Waals surface area (Å²) in [6.07, 6.45) is 1.32. The first-order valence-electron chi connectivity index (χ1n) is 7.90. The highest BCUT2D eigenvalue weighted by molar-refractivity contribution is 9.10. The topological polar surface area (TPSA) is 49.4 Å². The molecule has 0 saturated carbocycles. The summed E-state index contributed by atoms with van der Waals surface area (Å²) in [4.78, 5) is 26.4. The number of halogens is 1. The Morgan fingerprint density at radius 2 is 1.75 bits per heavy atom. The largest absolute Gasteiger partial charge is 0.325 e. The van der Waals surface area contributed by atoms with Crippen molar-refractivity contribution in [3.05, 3.63) is 70.2 Å². The second-order valence-corrected chi connectivity index (χ2v) is 7.18. The number of imide groups is 1. The maximum atomic E-state index is 12.8. The number of urea groups is 1. The first kappa shape index (κ1) is 16.7. The number of rotatable bonds is 5. The standard InChI is InChI=1S/C19H19BrN2O2/c1-19(11-10-14-6-3-2-4-7-14)17(23)22(18(24)21-19)13-15-8-5-9-16(20)12-15/h2-9,12H,10-11,13H2,1H3,(H,21,24)/t19-/m0/s1. The molecule has 1 heterocycles. The summed E-state index contributed by atoms with van der Waals surface area (Å²) in [5, 5.41) is 2.86. The van der Waals surface area contributed by atoms with Crippen molar-refractivity contribution >= 4 is 27.9 Å². The molecule has 0 spiro atoms. The monoisotopic (exact) mass is 386 g/mol. The van der Waals surface area contributed by atoms with Gasteiger partial charge in [-0.05, 0) is 43.0 Å². The van der Waals surface area contributed by atoms with Crippen LogP contribution in [0.15, 0.2) is 59.1 Å². The van der Waals surface area contributed by atoms with E-state index in [1.807, 2.05) is 54.6 Å². The molecule has 0 aromatic heterocycles. The summed E-state index contributed by atoms with van der Waals surface area (Å²) in [5.41, 5.74) is 1.23.